The van der Waals surface area contributed by atoms with Gasteiger partial charge in [0.1, 0.15) is 5.82 Å². The maximum Gasteiger partial charge on any atom is 0.251 e. The third-order valence-electron chi connectivity index (χ3n) is 3.24. The Kier molecular flexibility index (Phi) is 4.88. The standard InChI is InChI=1S/C17H18FNO/c1-2-16(11-13-7-4-3-5-8-13)19-17(20)14-9-6-10-15(18)12-14/h3-10,12,16H,2,11H2,1H3,(H,19,20). The fourth-order valence-corrected chi connectivity index (χ4v) is 2.09. The zero-order chi connectivity index (χ0) is 14.4. The van der Waals surface area contributed by atoms with Gasteiger partial charge in [0.15, 0.2) is 0 Å². The summed E-state index contributed by atoms with van der Waals surface area (Å²) in [4.78, 5) is 12.1. The molecular weight excluding hydrogens is 253 g/mol. The average molecular weight is 271 g/mol. The van der Waals surface area contributed by atoms with Crippen LogP contribution < -0.4 is 5.32 Å². The van der Waals surface area contributed by atoms with Crippen molar-refractivity contribution in [1.29, 1.82) is 0 Å². The Morgan fingerprint density at radius 3 is 2.55 bits per heavy atom. The van der Waals surface area contributed by atoms with Gasteiger partial charge in [-0.3, -0.25) is 4.79 Å². The number of rotatable bonds is 5. The van der Waals surface area contributed by atoms with E-state index in [4.69, 9.17) is 0 Å². The molecule has 1 atom stereocenters. The number of amides is 1. The Bertz CT molecular complexity index is 568. The minimum Gasteiger partial charge on any atom is -0.349 e. The summed E-state index contributed by atoms with van der Waals surface area (Å²) in [6, 6.07) is 15.8. The van der Waals surface area contributed by atoms with E-state index in [9.17, 15) is 9.18 Å². The maximum absolute atomic E-state index is 13.1. The van der Waals surface area contributed by atoms with Crippen LogP contribution in [0.4, 0.5) is 4.39 Å². The van der Waals surface area contributed by atoms with Gasteiger partial charge < -0.3 is 5.32 Å². The second-order valence-electron chi connectivity index (χ2n) is 4.78. The molecule has 2 aromatic rings. The minimum absolute atomic E-state index is 0.0492. The van der Waals surface area contributed by atoms with Crippen molar-refractivity contribution in [3.05, 3.63) is 71.5 Å². The van der Waals surface area contributed by atoms with Crippen LogP contribution in [0.1, 0.15) is 29.3 Å². The topological polar surface area (TPSA) is 29.1 Å². The first-order valence-corrected chi connectivity index (χ1v) is 6.79. The van der Waals surface area contributed by atoms with Crippen molar-refractivity contribution < 1.29 is 9.18 Å². The molecule has 0 bridgehead atoms. The third kappa shape index (κ3) is 3.92. The summed E-state index contributed by atoms with van der Waals surface area (Å²) in [6.45, 7) is 2.03. The lowest BCUT2D eigenvalue weighted by Gasteiger charge is -2.17. The molecule has 0 aliphatic heterocycles. The number of benzene rings is 2. The molecular formula is C17H18FNO. The molecule has 1 amide bonds. The maximum atomic E-state index is 13.1. The molecule has 0 saturated heterocycles. The molecule has 104 valence electrons. The molecule has 0 saturated carbocycles. The molecule has 0 radical (unpaired) electrons. The molecule has 0 spiro atoms. The van der Waals surface area contributed by atoms with Crippen LogP contribution in [0.25, 0.3) is 0 Å². The van der Waals surface area contributed by atoms with Crippen molar-refractivity contribution in [3.63, 3.8) is 0 Å². The van der Waals surface area contributed by atoms with Crippen molar-refractivity contribution >= 4 is 5.91 Å². The highest BCUT2D eigenvalue weighted by molar-refractivity contribution is 5.94. The van der Waals surface area contributed by atoms with Gasteiger partial charge in [0, 0.05) is 11.6 Å². The van der Waals surface area contributed by atoms with E-state index < -0.39 is 5.82 Å². The quantitative estimate of drug-likeness (QED) is 0.885. The van der Waals surface area contributed by atoms with Gasteiger partial charge in [0.25, 0.3) is 5.91 Å². The van der Waals surface area contributed by atoms with E-state index in [0.29, 0.717) is 5.56 Å². The Morgan fingerprint density at radius 1 is 1.15 bits per heavy atom. The lowest BCUT2D eigenvalue weighted by Crippen LogP contribution is -2.36. The van der Waals surface area contributed by atoms with Crippen LogP contribution in [0.3, 0.4) is 0 Å². The smallest absolute Gasteiger partial charge is 0.251 e. The number of carbonyl (C=O) groups is 1. The lowest BCUT2D eigenvalue weighted by atomic mass is 10.0. The highest BCUT2D eigenvalue weighted by Gasteiger charge is 2.13. The molecule has 2 aromatic carbocycles. The highest BCUT2D eigenvalue weighted by Crippen LogP contribution is 2.08. The van der Waals surface area contributed by atoms with E-state index in [1.807, 2.05) is 37.3 Å². The normalized spacial score (nSPS) is 11.9. The van der Waals surface area contributed by atoms with Crippen LogP contribution in [-0.4, -0.2) is 11.9 Å². The van der Waals surface area contributed by atoms with Gasteiger partial charge in [-0.1, -0.05) is 43.3 Å². The van der Waals surface area contributed by atoms with Gasteiger partial charge in [-0.25, -0.2) is 4.39 Å². The molecule has 1 unspecified atom stereocenters. The zero-order valence-electron chi connectivity index (χ0n) is 11.5. The van der Waals surface area contributed by atoms with Gasteiger partial charge in [0.05, 0.1) is 0 Å². The van der Waals surface area contributed by atoms with Gasteiger partial charge in [-0.2, -0.15) is 0 Å². The number of hydrogen-bond acceptors (Lipinski definition) is 1. The molecule has 0 aliphatic rings. The summed E-state index contributed by atoms with van der Waals surface area (Å²) in [5.74, 6) is -0.624. The van der Waals surface area contributed by atoms with Crippen LogP contribution in [0.2, 0.25) is 0 Å². The summed E-state index contributed by atoms with van der Waals surface area (Å²) in [6.07, 6.45) is 1.61. The van der Waals surface area contributed by atoms with E-state index in [1.165, 1.54) is 17.7 Å². The summed E-state index contributed by atoms with van der Waals surface area (Å²) >= 11 is 0. The number of halogens is 1. The number of hydrogen-bond donors (Lipinski definition) is 1. The van der Waals surface area contributed by atoms with Crippen molar-refractivity contribution in [2.24, 2.45) is 0 Å². The second-order valence-corrected chi connectivity index (χ2v) is 4.78. The average Bonchev–Trinajstić information content (AvgIpc) is 2.47. The minimum atomic E-state index is -0.395. The van der Waals surface area contributed by atoms with Gasteiger partial charge in [-0.05, 0) is 36.6 Å². The van der Waals surface area contributed by atoms with E-state index in [1.54, 1.807) is 12.1 Å². The van der Waals surface area contributed by atoms with Crippen molar-refractivity contribution in [2.75, 3.05) is 0 Å². The van der Waals surface area contributed by atoms with Crippen LogP contribution in [-0.2, 0) is 6.42 Å². The van der Waals surface area contributed by atoms with E-state index in [2.05, 4.69) is 5.32 Å². The highest BCUT2D eigenvalue weighted by atomic mass is 19.1. The fourth-order valence-electron chi connectivity index (χ4n) is 2.09. The summed E-state index contributed by atoms with van der Waals surface area (Å²) in [5, 5.41) is 2.95. The van der Waals surface area contributed by atoms with Gasteiger partial charge in [0.2, 0.25) is 0 Å². The first-order chi connectivity index (χ1) is 9.69. The molecule has 2 rings (SSSR count). The predicted octanol–water partition coefficient (Wildman–Crippen LogP) is 3.58. The SMILES string of the molecule is CCC(Cc1ccccc1)NC(=O)c1cccc(F)c1. The molecule has 0 heterocycles. The first kappa shape index (κ1) is 14.3. The second kappa shape index (κ2) is 6.85. The van der Waals surface area contributed by atoms with E-state index >= 15 is 0 Å². The van der Waals surface area contributed by atoms with Crippen LogP contribution in [0.15, 0.2) is 54.6 Å². The molecule has 0 aromatic heterocycles. The monoisotopic (exact) mass is 271 g/mol. The molecule has 1 N–H and O–H groups in total. The van der Waals surface area contributed by atoms with Gasteiger partial charge >= 0.3 is 0 Å². The van der Waals surface area contributed by atoms with Crippen molar-refractivity contribution in [2.45, 2.75) is 25.8 Å². The van der Waals surface area contributed by atoms with Gasteiger partial charge in [-0.15, -0.1) is 0 Å². The zero-order valence-corrected chi connectivity index (χ0v) is 11.5. The Hall–Kier alpha value is -2.16. The summed E-state index contributed by atoms with van der Waals surface area (Å²) < 4.78 is 13.1. The molecule has 0 aliphatic carbocycles. The first-order valence-electron chi connectivity index (χ1n) is 6.79. The Balaban J connectivity index is 2.01. The summed E-state index contributed by atoms with van der Waals surface area (Å²) in [7, 11) is 0. The van der Waals surface area contributed by atoms with Crippen LogP contribution in [0.5, 0.6) is 0 Å². The van der Waals surface area contributed by atoms with Crippen LogP contribution in [0, 0.1) is 5.82 Å². The summed E-state index contributed by atoms with van der Waals surface area (Å²) in [5.41, 5.74) is 1.54. The number of carbonyl (C=O) groups excluding carboxylic acids is 1. The molecule has 20 heavy (non-hydrogen) atoms. The largest absolute Gasteiger partial charge is 0.349 e. The predicted molar refractivity (Wildman–Crippen MR) is 78.1 cm³/mol. The van der Waals surface area contributed by atoms with Crippen LogP contribution >= 0.6 is 0 Å². The van der Waals surface area contributed by atoms with Crippen molar-refractivity contribution in [1.82, 2.24) is 5.32 Å². The number of nitrogens with one attached hydrogen (secondary N) is 1. The Labute approximate surface area is 118 Å². The molecule has 2 nitrogen and oxygen atoms in total. The van der Waals surface area contributed by atoms with Crippen molar-refractivity contribution in [3.8, 4) is 0 Å². The third-order valence-corrected chi connectivity index (χ3v) is 3.24. The van der Waals surface area contributed by atoms with E-state index in [-0.39, 0.29) is 11.9 Å². The molecule has 0 fully saturated rings. The fraction of sp³-hybridized carbons (Fsp3) is 0.235. The van der Waals surface area contributed by atoms with E-state index in [0.717, 1.165) is 12.8 Å². The Morgan fingerprint density at radius 2 is 1.90 bits per heavy atom. The molecule has 3 heteroatoms. The lowest BCUT2D eigenvalue weighted by molar-refractivity contribution is 0.0935.